The van der Waals surface area contributed by atoms with E-state index in [9.17, 15) is 9.59 Å². The molecule has 1 N–H and O–H groups in total. The fourth-order valence-corrected chi connectivity index (χ4v) is 2.47. The van der Waals surface area contributed by atoms with E-state index < -0.39 is 0 Å². The second-order valence-electron chi connectivity index (χ2n) is 4.99. The highest BCUT2D eigenvalue weighted by Crippen LogP contribution is 2.10. The lowest BCUT2D eigenvalue weighted by Crippen LogP contribution is -2.38. The maximum atomic E-state index is 12.0. The van der Waals surface area contributed by atoms with Crippen LogP contribution < -0.4 is 5.32 Å². The molecule has 0 aliphatic rings. The van der Waals surface area contributed by atoms with Gasteiger partial charge in [-0.15, -0.1) is 0 Å². The molecule has 2 amide bonds. The Labute approximate surface area is 135 Å². The number of halogens is 1. The van der Waals surface area contributed by atoms with Crippen LogP contribution in [-0.2, 0) is 4.79 Å². The minimum Gasteiger partial charge on any atom is -0.352 e. The SMILES string of the molecule is CCC(CC)N(C)C(=O)CCNC(=O)c1ccc(Br)cc1. The molecular formula is C16H23BrN2O2. The van der Waals surface area contributed by atoms with E-state index in [1.165, 1.54) is 0 Å². The van der Waals surface area contributed by atoms with Gasteiger partial charge in [-0.2, -0.15) is 0 Å². The third kappa shape index (κ3) is 5.50. The number of amides is 2. The quantitative estimate of drug-likeness (QED) is 0.817. The minimum atomic E-state index is -0.152. The van der Waals surface area contributed by atoms with Crippen molar-refractivity contribution < 1.29 is 9.59 Å². The van der Waals surface area contributed by atoms with E-state index >= 15 is 0 Å². The number of nitrogens with one attached hydrogen (secondary N) is 1. The van der Waals surface area contributed by atoms with Crippen LogP contribution in [0.5, 0.6) is 0 Å². The summed E-state index contributed by atoms with van der Waals surface area (Å²) >= 11 is 3.33. The van der Waals surface area contributed by atoms with Crippen molar-refractivity contribution in [1.29, 1.82) is 0 Å². The second-order valence-corrected chi connectivity index (χ2v) is 5.90. The first-order valence-corrected chi connectivity index (χ1v) is 8.08. The Kier molecular flexibility index (Phi) is 7.43. The first kappa shape index (κ1) is 17.7. The molecule has 5 heteroatoms. The molecule has 1 aromatic carbocycles. The molecule has 0 radical (unpaired) electrons. The molecule has 0 atom stereocenters. The van der Waals surface area contributed by atoms with Gasteiger partial charge in [0.1, 0.15) is 0 Å². The molecule has 1 aromatic rings. The number of carbonyl (C=O) groups excluding carboxylic acids is 2. The summed E-state index contributed by atoms with van der Waals surface area (Å²) in [6.07, 6.45) is 2.23. The highest BCUT2D eigenvalue weighted by molar-refractivity contribution is 9.10. The summed E-state index contributed by atoms with van der Waals surface area (Å²) in [5.74, 6) is -0.0831. The van der Waals surface area contributed by atoms with Gasteiger partial charge in [0.25, 0.3) is 5.91 Å². The van der Waals surface area contributed by atoms with Crippen molar-refractivity contribution in [2.45, 2.75) is 39.2 Å². The zero-order chi connectivity index (χ0) is 15.8. The molecule has 116 valence electrons. The fourth-order valence-electron chi connectivity index (χ4n) is 2.20. The predicted molar refractivity (Wildman–Crippen MR) is 88.2 cm³/mol. The van der Waals surface area contributed by atoms with Gasteiger partial charge in [-0.3, -0.25) is 9.59 Å². The monoisotopic (exact) mass is 354 g/mol. The molecule has 0 aromatic heterocycles. The molecule has 0 bridgehead atoms. The Morgan fingerprint density at radius 2 is 1.76 bits per heavy atom. The molecule has 0 heterocycles. The van der Waals surface area contributed by atoms with E-state index in [1.807, 2.05) is 19.2 Å². The van der Waals surface area contributed by atoms with Gasteiger partial charge in [0.15, 0.2) is 0 Å². The van der Waals surface area contributed by atoms with Crippen molar-refractivity contribution in [3.63, 3.8) is 0 Å². The molecule has 0 saturated heterocycles. The standard InChI is InChI=1S/C16H23BrN2O2/c1-4-14(5-2)19(3)15(20)10-11-18-16(21)12-6-8-13(17)9-7-12/h6-9,14H,4-5,10-11H2,1-3H3,(H,18,21). The summed E-state index contributed by atoms with van der Waals surface area (Å²) in [4.78, 5) is 25.7. The van der Waals surface area contributed by atoms with Crippen LogP contribution in [0.3, 0.4) is 0 Å². The van der Waals surface area contributed by atoms with Crippen LogP contribution in [0, 0.1) is 0 Å². The van der Waals surface area contributed by atoms with Gasteiger partial charge in [0.2, 0.25) is 5.91 Å². The topological polar surface area (TPSA) is 49.4 Å². The lowest BCUT2D eigenvalue weighted by Gasteiger charge is -2.26. The van der Waals surface area contributed by atoms with Crippen LogP contribution >= 0.6 is 15.9 Å². The Morgan fingerprint density at radius 3 is 2.29 bits per heavy atom. The van der Waals surface area contributed by atoms with Crippen molar-refractivity contribution in [2.24, 2.45) is 0 Å². The Bertz CT molecular complexity index is 470. The van der Waals surface area contributed by atoms with Gasteiger partial charge < -0.3 is 10.2 Å². The predicted octanol–water partition coefficient (Wildman–Crippen LogP) is 3.22. The average Bonchev–Trinajstić information content (AvgIpc) is 2.48. The molecule has 21 heavy (non-hydrogen) atoms. The summed E-state index contributed by atoms with van der Waals surface area (Å²) in [5.41, 5.74) is 0.596. The molecule has 1 rings (SSSR count). The second kappa shape index (κ2) is 8.82. The number of benzene rings is 1. The number of hydrogen-bond donors (Lipinski definition) is 1. The third-order valence-corrected chi connectivity index (χ3v) is 4.14. The third-order valence-electron chi connectivity index (χ3n) is 3.61. The maximum Gasteiger partial charge on any atom is 0.251 e. The first-order valence-electron chi connectivity index (χ1n) is 7.29. The van der Waals surface area contributed by atoms with Gasteiger partial charge in [0.05, 0.1) is 0 Å². The molecular weight excluding hydrogens is 332 g/mol. The van der Waals surface area contributed by atoms with E-state index in [1.54, 1.807) is 17.0 Å². The van der Waals surface area contributed by atoms with E-state index in [0.29, 0.717) is 18.5 Å². The molecule has 0 spiro atoms. The minimum absolute atomic E-state index is 0.0693. The van der Waals surface area contributed by atoms with Gasteiger partial charge in [0, 0.05) is 36.1 Å². The molecule has 0 aliphatic carbocycles. The van der Waals surface area contributed by atoms with E-state index in [0.717, 1.165) is 17.3 Å². The van der Waals surface area contributed by atoms with E-state index in [-0.39, 0.29) is 17.9 Å². The Morgan fingerprint density at radius 1 is 1.19 bits per heavy atom. The first-order chi connectivity index (χ1) is 9.99. The van der Waals surface area contributed by atoms with Crippen molar-refractivity contribution >= 4 is 27.7 Å². The lowest BCUT2D eigenvalue weighted by atomic mass is 10.1. The van der Waals surface area contributed by atoms with Crippen LogP contribution in [0.25, 0.3) is 0 Å². The van der Waals surface area contributed by atoms with Crippen LogP contribution in [0.2, 0.25) is 0 Å². The zero-order valence-electron chi connectivity index (χ0n) is 12.9. The molecule has 4 nitrogen and oxygen atoms in total. The summed E-state index contributed by atoms with van der Waals surface area (Å²) < 4.78 is 0.932. The van der Waals surface area contributed by atoms with Crippen molar-refractivity contribution in [1.82, 2.24) is 10.2 Å². The van der Waals surface area contributed by atoms with Crippen LogP contribution in [0.1, 0.15) is 43.5 Å². The van der Waals surface area contributed by atoms with Gasteiger partial charge >= 0.3 is 0 Å². The van der Waals surface area contributed by atoms with E-state index in [2.05, 4.69) is 35.1 Å². The van der Waals surface area contributed by atoms with Crippen molar-refractivity contribution in [3.8, 4) is 0 Å². The number of hydrogen-bond acceptors (Lipinski definition) is 2. The van der Waals surface area contributed by atoms with Crippen LogP contribution in [0.15, 0.2) is 28.7 Å². The smallest absolute Gasteiger partial charge is 0.251 e. The van der Waals surface area contributed by atoms with Gasteiger partial charge in [-0.25, -0.2) is 0 Å². The molecule has 0 aliphatic heterocycles. The Balaban J connectivity index is 2.40. The summed E-state index contributed by atoms with van der Waals surface area (Å²) in [6.45, 7) is 4.51. The average molecular weight is 355 g/mol. The highest BCUT2D eigenvalue weighted by atomic mass is 79.9. The zero-order valence-corrected chi connectivity index (χ0v) is 14.4. The van der Waals surface area contributed by atoms with Gasteiger partial charge in [-0.05, 0) is 37.1 Å². The number of nitrogens with zero attached hydrogens (tertiary/aromatic N) is 1. The van der Waals surface area contributed by atoms with Crippen LogP contribution in [0.4, 0.5) is 0 Å². The van der Waals surface area contributed by atoms with Crippen LogP contribution in [-0.4, -0.2) is 36.3 Å². The molecule has 0 fully saturated rings. The Hall–Kier alpha value is -1.36. The molecule has 0 unspecified atom stereocenters. The normalized spacial score (nSPS) is 10.5. The largest absolute Gasteiger partial charge is 0.352 e. The van der Waals surface area contributed by atoms with Gasteiger partial charge in [-0.1, -0.05) is 29.8 Å². The molecule has 0 saturated carbocycles. The van der Waals surface area contributed by atoms with E-state index in [4.69, 9.17) is 0 Å². The summed E-state index contributed by atoms with van der Waals surface area (Å²) in [7, 11) is 1.83. The summed E-state index contributed by atoms with van der Waals surface area (Å²) in [6, 6.07) is 7.41. The van der Waals surface area contributed by atoms with Crippen molar-refractivity contribution in [3.05, 3.63) is 34.3 Å². The fraction of sp³-hybridized carbons (Fsp3) is 0.500. The lowest BCUT2D eigenvalue weighted by molar-refractivity contribution is -0.131. The van der Waals surface area contributed by atoms with Crippen molar-refractivity contribution in [2.75, 3.05) is 13.6 Å². The summed E-state index contributed by atoms with van der Waals surface area (Å²) in [5, 5.41) is 2.78. The maximum absolute atomic E-state index is 12.0. The number of carbonyl (C=O) groups is 2. The number of rotatable bonds is 7. The highest BCUT2D eigenvalue weighted by Gasteiger charge is 2.16.